The van der Waals surface area contributed by atoms with Gasteiger partial charge in [0.05, 0.1) is 18.7 Å². The highest BCUT2D eigenvalue weighted by Gasteiger charge is 2.38. The quantitative estimate of drug-likeness (QED) is 0.389. The number of nitrogens with one attached hydrogen (secondary N) is 1. The van der Waals surface area contributed by atoms with Crippen molar-refractivity contribution in [2.45, 2.75) is 44.6 Å². The second-order valence-corrected chi connectivity index (χ2v) is 7.39. The minimum absolute atomic E-state index is 0.154. The summed E-state index contributed by atoms with van der Waals surface area (Å²) >= 11 is 0. The Kier molecular flexibility index (Phi) is 6.86. The van der Waals surface area contributed by atoms with Crippen LogP contribution in [-0.2, 0) is 14.4 Å². The molecule has 2 atom stereocenters. The number of hydrazone groups is 1. The lowest BCUT2D eigenvalue weighted by atomic mass is 9.92. The van der Waals surface area contributed by atoms with E-state index in [4.69, 9.17) is 0 Å². The lowest BCUT2D eigenvalue weighted by molar-refractivity contribution is -0.158. The van der Waals surface area contributed by atoms with E-state index in [1.807, 2.05) is 0 Å². The summed E-state index contributed by atoms with van der Waals surface area (Å²) in [6, 6.07) is 1.62. The zero-order chi connectivity index (χ0) is 20.8. The molecule has 0 spiro atoms. The summed E-state index contributed by atoms with van der Waals surface area (Å²) in [5.41, 5.74) is 0. The minimum Gasteiger partial charge on any atom is -0.309 e. The summed E-state index contributed by atoms with van der Waals surface area (Å²) in [6.45, 7) is -0.154. The third-order valence-electron chi connectivity index (χ3n) is 5.31. The number of anilines is 1. The van der Waals surface area contributed by atoms with Crippen LogP contribution in [0.25, 0.3) is 0 Å². The van der Waals surface area contributed by atoms with Crippen LogP contribution in [0.4, 0.5) is 10.2 Å². The molecule has 9 nitrogen and oxygen atoms in total. The average molecular weight is 405 g/mol. The Hall–Kier alpha value is -2.88. The van der Waals surface area contributed by atoms with Crippen molar-refractivity contribution < 1.29 is 24.0 Å². The first kappa shape index (κ1) is 20.8. The summed E-state index contributed by atoms with van der Waals surface area (Å²) in [5, 5.41) is 17.8. The van der Waals surface area contributed by atoms with E-state index in [0.717, 1.165) is 36.9 Å². The standard InChI is InChI=1S/C19H24FN5O4/c20-15-5-6-17(21-10-15)23-18(27)16-7-8-22-25(16)19(28)14(11-24(29)12-26)9-13-3-1-2-4-13/h5-6,8,10,12-14,16,29H,1-4,7,9,11H2,(H,21,23,27)/t14-,16+/m1/s1. The number of rotatable bonds is 8. The van der Waals surface area contributed by atoms with Crippen molar-refractivity contribution in [1.82, 2.24) is 15.1 Å². The van der Waals surface area contributed by atoms with Crippen LogP contribution in [-0.4, -0.2) is 57.3 Å². The topological polar surface area (TPSA) is 115 Å². The van der Waals surface area contributed by atoms with Crippen molar-refractivity contribution in [3.8, 4) is 0 Å². The van der Waals surface area contributed by atoms with Gasteiger partial charge in [-0.15, -0.1) is 0 Å². The molecule has 0 radical (unpaired) electrons. The first-order chi connectivity index (χ1) is 14.0. The summed E-state index contributed by atoms with van der Waals surface area (Å²) in [4.78, 5) is 40.4. The predicted molar refractivity (Wildman–Crippen MR) is 101 cm³/mol. The molecule has 2 aliphatic rings. The van der Waals surface area contributed by atoms with Gasteiger partial charge in [0.15, 0.2) is 0 Å². The lowest BCUT2D eigenvalue weighted by Crippen LogP contribution is -2.46. The van der Waals surface area contributed by atoms with E-state index in [-0.39, 0.29) is 25.2 Å². The Bertz CT molecular complexity index is 766. The van der Waals surface area contributed by atoms with Gasteiger partial charge >= 0.3 is 0 Å². The molecule has 1 saturated carbocycles. The molecule has 3 rings (SSSR count). The fraction of sp³-hybridized carbons (Fsp3) is 0.526. The SMILES string of the molecule is O=CN(O)C[C@@H](CC1CCCC1)C(=O)N1N=CC[C@H]1C(=O)Nc1ccc(F)cn1. The molecule has 156 valence electrons. The molecular weight excluding hydrogens is 381 g/mol. The number of amides is 3. The summed E-state index contributed by atoms with van der Waals surface area (Å²) in [6.07, 6.45) is 7.65. The second kappa shape index (κ2) is 9.55. The molecule has 2 heterocycles. The largest absolute Gasteiger partial charge is 0.309 e. The molecule has 0 aromatic carbocycles. The molecule has 10 heteroatoms. The maximum atomic E-state index is 13.1. The van der Waals surface area contributed by atoms with Crippen molar-refractivity contribution in [2.75, 3.05) is 11.9 Å². The smallest absolute Gasteiger partial charge is 0.250 e. The van der Waals surface area contributed by atoms with Crippen LogP contribution in [0, 0.1) is 17.7 Å². The maximum Gasteiger partial charge on any atom is 0.250 e. The normalized spacial score (nSPS) is 19.9. The first-order valence-electron chi connectivity index (χ1n) is 9.66. The van der Waals surface area contributed by atoms with Gasteiger partial charge < -0.3 is 5.32 Å². The zero-order valence-electron chi connectivity index (χ0n) is 15.9. The number of nitrogens with zero attached hydrogens (tertiary/aromatic N) is 4. The van der Waals surface area contributed by atoms with Gasteiger partial charge in [0.2, 0.25) is 12.3 Å². The fourth-order valence-electron chi connectivity index (χ4n) is 3.86. The van der Waals surface area contributed by atoms with Gasteiger partial charge in [-0.25, -0.2) is 19.4 Å². The van der Waals surface area contributed by atoms with Crippen molar-refractivity contribution >= 4 is 30.3 Å². The predicted octanol–water partition coefficient (Wildman–Crippen LogP) is 1.79. The Morgan fingerprint density at radius 2 is 2.14 bits per heavy atom. The molecule has 0 unspecified atom stereocenters. The highest BCUT2D eigenvalue weighted by molar-refractivity contribution is 5.99. The van der Waals surface area contributed by atoms with Crippen molar-refractivity contribution in [3.05, 3.63) is 24.1 Å². The van der Waals surface area contributed by atoms with E-state index in [9.17, 15) is 24.0 Å². The van der Waals surface area contributed by atoms with Crippen LogP contribution in [0.2, 0.25) is 0 Å². The molecule has 1 aliphatic heterocycles. The molecular formula is C19H24FN5O4. The van der Waals surface area contributed by atoms with Gasteiger partial charge in [-0.05, 0) is 24.5 Å². The van der Waals surface area contributed by atoms with E-state index in [1.54, 1.807) is 0 Å². The highest BCUT2D eigenvalue weighted by Crippen LogP contribution is 2.32. The molecule has 1 aromatic rings. The van der Waals surface area contributed by atoms with E-state index >= 15 is 0 Å². The third-order valence-corrected chi connectivity index (χ3v) is 5.31. The van der Waals surface area contributed by atoms with Crippen molar-refractivity contribution in [3.63, 3.8) is 0 Å². The number of carbonyl (C=O) groups is 3. The lowest BCUT2D eigenvalue weighted by Gasteiger charge is -2.28. The Morgan fingerprint density at radius 1 is 1.38 bits per heavy atom. The van der Waals surface area contributed by atoms with Gasteiger partial charge in [0, 0.05) is 12.6 Å². The van der Waals surface area contributed by atoms with E-state index in [0.29, 0.717) is 17.4 Å². The molecule has 1 aromatic heterocycles. The Balaban J connectivity index is 1.69. The maximum absolute atomic E-state index is 13.1. The number of aromatic nitrogens is 1. The number of carbonyl (C=O) groups excluding carboxylic acids is 3. The van der Waals surface area contributed by atoms with Crippen LogP contribution in [0.1, 0.15) is 38.5 Å². The number of hydrogen-bond acceptors (Lipinski definition) is 6. The molecule has 3 amide bonds. The zero-order valence-corrected chi connectivity index (χ0v) is 15.9. The fourth-order valence-corrected chi connectivity index (χ4v) is 3.86. The van der Waals surface area contributed by atoms with Gasteiger partial charge in [0.1, 0.15) is 17.7 Å². The third kappa shape index (κ3) is 5.35. The number of hydrogen-bond donors (Lipinski definition) is 2. The number of hydroxylamine groups is 2. The summed E-state index contributed by atoms with van der Waals surface area (Å²) in [7, 11) is 0. The van der Waals surface area contributed by atoms with Crippen LogP contribution in [0.15, 0.2) is 23.4 Å². The van der Waals surface area contributed by atoms with Gasteiger partial charge in [-0.3, -0.25) is 19.6 Å². The average Bonchev–Trinajstić information content (AvgIpc) is 3.40. The number of halogens is 1. The van der Waals surface area contributed by atoms with Crippen LogP contribution < -0.4 is 5.32 Å². The van der Waals surface area contributed by atoms with Crippen LogP contribution in [0.5, 0.6) is 0 Å². The molecule has 0 bridgehead atoms. The second-order valence-electron chi connectivity index (χ2n) is 7.39. The molecule has 29 heavy (non-hydrogen) atoms. The van der Waals surface area contributed by atoms with Crippen molar-refractivity contribution in [2.24, 2.45) is 16.9 Å². The van der Waals surface area contributed by atoms with E-state index in [2.05, 4.69) is 15.4 Å². The van der Waals surface area contributed by atoms with E-state index in [1.165, 1.54) is 18.3 Å². The van der Waals surface area contributed by atoms with Gasteiger partial charge in [-0.2, -0.15) is 5.10 Å². The van der Waals surface area contributed by atoms with Gasteiger partial charge in [-0.1, -0.05) is 25.7 Å². The molecule has 1 fully saturated rings. The Labute approximate surface area is 167 Å². The van der Waals surface area contributed by atoms with Gasteiger partial charge in [0.25, 0.3) is 5.91 Å². The van der Waals surface area contributed by atoms with Crippen LogP contribution >= 0.6 is 0 Å². The highest BCUT2D eigenvalue weighted by atomic mass is 19.1. The molecule has 2 N–H and O–H groups in total. The molecule has 1 aliphatic carbocycles. The Morgan fingerprint density at radius 3 is 2.79 bits per heavy atom. The minimum atomic E-state index is -0.871. The summed E-state index contributed by atoms with van der Waals surface area (Å²) in [5.74, 6) is -1.60. The van der Waals surface area contributed by atoms with Crippen molar-refractivity contribution in [1.29, 1.82) is 0 Å². The number of pyridine rings is 1. The first-order valence-corrected chi connectivity index (χ1v) is 9.66. The molecule has 0 saturated heterocycles. The monoisotopic (exact) mass is 405 g/mol. The summed E-state index contributed by atoms with van der Waals surface area (Å²) < 4.78 is 13.0. The van der Waals surface area contributed by atoms with Crippen LogP contribution in [0.3, 0.4) is 0 Å². The van der Waals surface area contributed by atoms with E-state index < -0.39 is 29.6 Å².